The monoisotopic (exact) mass is 255 g/mol. The average Bonchev–Trinajstić information content (AvgIpc) is 2.88. The molecule has 96 valence electrons. The maximum atomic E-state index is 9.41. The quantitative estimate of drug-likeness (QED) is 0.842. The van der Waals surface area contributed by atoms with Gasteiger partial charge in [-0.2, -0.15) is 0 Å². The second-order valence-electron chi connectivity index (χ2n) is 4.65. The Labute approximate surface area is 107 Å². The Morgan fingerprint density at radius 3 is 3.18 bits per heavy atom. The molecule has 4 nitrogen and oxygen atoms in total. The molecule has 0 spiro atoms. The van der Waals surface area contributed by atoms with Crippen molar-refractivity contribution in [2.75, 3.05) is 25.0 Å². The summed E-state index contributed by atoms with van der Waals surface area (Å²) in [7, 11) is 0. The van der Waals surface area contributed by atoms with Gasteiger partial charge in [0.1, 0.15) is 0 Å². The normalized spacial score (nSPS) is 25.4. The molecule has 2 heterocycles. The minimum atomic E-state index is 0.264. The SMILES string of the molecule is CCNc1ncc(CN2CCC(C)C2CO)s1. The van der Waals surface area contributed by atoms with Gasteiger partial charge in [0, 0.05) is 30.2 Å². The lowest BCUT2D eigenvalue weighted by atomic mass is 10.0. The Morgan fingerprint density at radius 2 is 2.47 bits per heavy atom. The zero-order chi connectivity index (χ0) is 12.3. The highest BCUT2D eigenvalue weighted by atomic mass is 32.1. The van der Waals surface area contributed by atoms with Crippen molar-refractivity contribution >= 4 is 16.5 Å². The first-order valence-corrected chi connectivity index (χ1v) is 7.09. The average molecular weight is 255 g/mol. The van der Waals surface area contributed by atoms with Crippen LogP contribution in [0.4, 0.5) is 5.13 Å². The fourth-order valence-electron chi connectivity index (χ4n) is 2.39. The van der Waals surface area contributed by atoms with Gasteiger partial charge in [0.15, 0.2) is 5.13 Å². The van der Waals surface area contributed by atoms with Crippen LogP contribution in [0.15, 0.2) is 6.20 Å². The Kier molecular flexibility index (Phi) is 4.36. The molecule has 0 amide bonds. The second-order valence-corrected chi connectivity index (χ2v) is 5.76. The van der Waals surface area contributed by atoms with E-state index >= 15 is 0 Å². The fourth-order valence-corrected chi connectivity index (χ4v) is 3.30. The lowest BCUT2D eigenvalue weighted by Crippen LogP contribution is -2.34. The van der Waals surface area contributed by atoms with Crippen molar-refractivity contribution in [2.24, 2.45) is 5.92 Å². The van der Waals surface area contributed by atoms with Gasteiger partial charge in [0.25, 0.3) is 0 Å². The number of aliphatic hydroxyl groups is 1. The predicted molar refractivity (Wildman–Crippen MR) is 71.3 cm³/mol. The molecule has 5 heteroatoms. The summed E-state index contributed by atoms with van der Waals surface area (Å²) in [5, 5.41) is 13.6. The highest BCUT2D eigenvalue weighted by Crippen LogP contribution is 2.27. The number of anilines is 1. The summed E-state index contributed by atoms with van der Waals surface area (Å²) < 4.78 is 0. The Balaban J connectivity index is 1.95. The van der Waals surface area contributed by atoms with E-state index in [2.05, 4.69) is 29.0 Å². The summed E-state index contributed by atoms with van der Waals surface area (Å²) in [6, 6.07) is 0.319. The van der Waals surface area contributed by atoms with E-state index in [1.807, 2.05) is 6.20 Å². The molecule has 2 N–H and O–H groups in total. The van der Waals surface area contributed by atoms with Crippen molar-refractivity contribution in [3.63, 3.8) is 0 Å². The van der Waals surface area contributed by atoms with Crippen molar-refractivity contribution in [1.82, 2.24) is 9.88 Å². The van der Waals surface area contributed by atoms with Crippen LogP contribution >= 0.6 is 11.3 Å². The van der Waals surface area contributed by atoms with E-state index < -0.39 is 0 Å². The number of thiazole rings is 1. The third-order valence-corrected chi connectivity index (χ3v) is 4.36. The molecule has 2 atom stereocenters. The second kappa shape index (κ2) is 5.80. The van der Waals surface area contributed by atoms with Crippen molar-refractivity contribution in [2.45, 2.75) is 32.9 Å². The predicted octanol–water partition coefficient (Wildman–Crippen LogP) is 1.78. The Hall–Kier alpha value is -0.650. The summed E-state index contributed by atoms with van der Waals surface area (Å²) in [6.45, 7) is 7.47. The van der Waals surface area contributed by atoms with E-state index in [0.717, 1.165) is 24.8 Å². The molecule has 2 unspecified atom stereocenters. The molecule has 0 saturated carbocycles. The molecule has 1 aromatic rings. The molecule has 2 rings (SSSR count). The van der Waals surface area contributed by atoms with Gasteiger partial charge in [0.2, 0.25) is 0 Å². The molecule has 1 aliphatic heterocycles. The number of nitrogens with one attached hydrogen (secondary N) is 1. The number of hydrogen-bond donors (Lipinski definition) is 2. The molecule has 17 heavy (non-hydrogen) atoms. The molecule has 0 aliphatic carbocycles. The number of likely N-dealkylation sites (tertiary alicyclic amines) is 1. The number of nitrogens with zero attached hydrogens (tertiary/aromatic N) is 2. The summed E-state index contributed by atoms with van der Waals surface area (Å²) in [5.74, 6) is 0.598. The van der Waals surface area contributed by atoms with E-state index in [0.29, 0.717) is 12.0 Å². The van der Waals surface area contributed by atoms with Gasteiger partial charge in [-0.3, -0.25) is 4.90 Å². The molecule has 0 radical (unpaired) electrons. The molecule has 1 fully saturated rings. The third-order valence-electron chi connectivity index (χ3n) is 3.43. The van der Waals surface area contributed by atoms with Crippen LogP contribution in [-0.2, 0) is 6.54 Å². The van der Waals surface area contributed by atoms with Crippen molar-refractivity contribution in [3.05, 3.63) is 11.1 Å². The van der Waals surface area contributed by atoms with Crippen LogP contribution in [0, 0.1) is 5.92 Å². The maximum absolute atomic E-state index is 9.41. The van der Waals surface area contributed by atoms with E-state index in [1.54, 1.807) is 11.3 Å². The first-order valence-electron chi connectivity index (χ1n) is 6.28. The van der Waals surface area contributed by atoms with Gasteiger partial charge in [0.05, 0.1) is 6.61 Å². The fraction of sp³-hybridized carbons (Fsp3) is 0.750. The van der Waals surface area contributed by atoms with Gasteiger partial charge in [-0.1, -0.05) is 6.92 Å². The van der Waals surface area contributed by atoms with Crippen LogP contribution in [0.3, 0.4) is 0 Å². The number of aliphatic hydroxyl groups excluding tert-OH is 1. The van der Waals surface area contributed by atoms with Crippen molar-refractivity contribution in [3.8, 4) is 0 Å². The number of hydrogen-bond acceptors (Lipinski definition) is 5. The third kappa shape index (κ3) is 2.97. The molecule has 0 bridgehead atoms. The number of aromatic nitrogens is 1. The molecule has 1 aliphatic rings. The van der Waals surface area contributed by atoms with E-state index in [4.69, 9.17) is 0 Å². The van der Waals surface area contributed by atoms with Crippen LogP contribution in [-0.4, -0.2) is 40.7 Å². The first kappa shape index (κ1) is 12.8. The Morgan fingerprint density at radius 1 is 1.65 bits per heavy atom. The van der Waals surface area contributed by atoms with Crippen LogP contribution in [0.5, 0.6) is 0 Å². The van der Waals surface area contributed by atoms with Crippen LogP contribution in [0.25, 0.3) is 0 Å². The summed E-state index contributed by atoms with van der Waals surface area (Å²) in [6.07, 6.45) is 3.13. The van der Waals surface area contributed by atoms with Crippen molar-refractivity contribution < 1.29 is 5.11 Å². The smallest absolute Gasteiger partial charge is 0.182 e. The first-order chi connectivity index (χ1) is 8.24. The Bertz CT molecular complexity index is 355. The van der Waals surface area contributed by atoms with E-state index in [-0.39, 0.29) is 6.61 Å². The molecular formula is C12H21N3OS. The zero-order valence-electron chi connectivity index (χ0n) is 10.5. The standard InChI is InChI=1S/C12H21N3OS/c1-3-13-12-14-6-10(17-12)7-15-5-4-9(2)11(15)8-16/h6,9,11,16H,3-5,7-8H2,1-2H3,(H,13,14). The minimum absolute atomic E-state index is 0.264. The van der Waals surface area contributed by atoms with Crippen LogP contribution < -0.4 is 5.32 Å². The highest BCUT2D eigenvalue weighted by molar-refractivity contribution is 7.15. The molecular weight excluding hydrogens is 234 g/mol. The minimum Gasteiger partial charge on any atom is -0.395 e. The maximum Gasteiger partial charge on any atom is 0.182 e. The van der Waals surface area contributed by atoms with Gasteiger partial charge < -0.3 is 10.4 Å². The largest absolute Gasteiger partial charge is 0.395 e. The van der Waals surface area contributed by atoms with Crippen molar-refractivity contribution in [1.29, 1.82) is 0 Å². The lowest BCUT2D eigenvalue weighted by molar-refractivity contribution is 0.135. The van der Waals surface area contributed by atoms with E-state index in [9.17, 15) is 5.11 Å². The van der Waals surface area contributed by atoms with Crippen LogP contribution in [0.1, 0.15) is 25.1 Å². The summed E-state index contributed by atoms with van der Waals surface area (Å²) >= 11 is 1.71. The summed E-state index contributed by atoms with van der Waals surface area (Å²) in [4.78, 5) is 7.98. The molecule has 0 aromatic carbocycles. The molecule has 1 saturated heterocycles. The van der Waals surface area contributed by atoms with Gasteiger partial charge in [-0.25, -0.2) is 4.98 Å². The zero-order valence-corrected chi connectivity index (χ0v) is 11.3. The van der Waals surface area contributed by atoms with Crippen LogP contribution in [0.2, 0.25) is 0 Å². The van der Waals surface area contributed by atoms with Gasteiger partial charge >= 0.3 is 0 Å². The van der Waals surface area contributed by atoms with Gasteiger partial charge in [-0.05, 0) is 25.8 Å². The number of rotatable bonds is 5. The highest BCUT2D eigenvalue weighted by Gasteiger charge is 2.30. The summed E-state index contributed by atoms with van der Waals surface area (Å²) in [5.41, 5.74) is 0. The van der Waals surface area contributed by atoms with Gasteiger partial charge in [-0.15, -0.1) is 11.3 Å². The topological polar surface area (TPSA) is 48.4 Å². The van der Waals surface area contributed by atoms with E-state index in [1.165, 1.54) is 11.3 Å². The lowest BCUT2D eigenvalue weighted by Gasteiger charge is -2.24. The molecule has 1 aromatic heterocycles.